The van der Waals surface area contributed by atoms with Gasteiger partial charge in [0.1, 0.15) is 18.3 Å². The van der Waals surface area contributed by atoms with Crippen molar-refractivity contribution in [2.45, 2.75) is 118 Å². The van der Waals surface area contributed by atoms with Gasteiger partial charge in [-0.2, -0.15) is 0 Å². The highest BCUT2D eigenvalue weighted by Crippen LogP contribution is 2.61. The van der Waals surface area contributed by atoms with Crippen molar-refractivity contribution in [1.29, 1.82) is 0 Å². The fourth-order valence-electron chi connectivity index (χ4n) is 8.75. The van der Waals surface area contributed by atoms with Gasteiger partial charge in [0.15, 0.2) is 12.2 Å². The summed E-state index contributed by atoms with van der Waals surface area (Å²) in [5.74, 6) is -3.40. The van der Waals surface area contributed by atoms with Gasteiger partial charge >= 0.3 is 29.8 Å². The fraction of sp³-hybridized carbons (Fsp3) is 0.615. The van der Waals surface area contributed by atoms with Crippen LogP contribution in [-0.4, -0.2) is 79.4 Å². The molecule has 1 aromatic rings. The lowest BCUT2D eigenvalue weighted by Gasteiger charge is -2.59. The summed E-state index contributed by atoms with van der Waals surface area (Å²) in [7, 11) is 3.80. The van der Waals surface area contributed by atoms with E-state index in [1.54, 1.807) is 0 Å². The summed E-state index contributed by atoms with van der Waals surface area (Å²) in [6, 6.07) is 9.43. The molecule has 274 valence electrons. The molecule has 0 aromatic heterocycles. The number of ether oxygens (including phenoxy) is 5. The molecule has 2 bridgehead atoms. The maximum atomic E-state index is 13.7. The van der Waals surface area contributed by atoms with Gasteiger partial charge in [-0.15, -0.1) is 0 Å². The Bertz CT molecular complexity index is 1530. The van der Waals surface area contributed by atoms with Crippen LogP contribution in [0.2, 0.25) is 0 Å². The average molecular weight is 696 g/mol. The topological polar surface area (TPSA) is 135 Å². The van der Waals surface area contributed by atoms with Crippen LogP contribution in [0.4, 0.5) is 0 Å². The number of carbonyl (C=O) groups excluding carboxylic acids is 5. The number of rotatable bonds is 9. The van der Waals surface area contributed by atoms with E-state index >= 15 is 0 Å². The number of fused-ring (bicyclic) bond motifs is 3. The Hall–Kier alpha value is -3.99. The van der Waals surface area contributed by atoms with E-state index in [0.29, 0.717) is 29.6 Å². The van der Waals surface area contributed by atoms with Crippen LogP contribution < -0.4 is 0 Å². The van der Waals surface area contributed by atoms with Gasteiger partial charge in [-0.1, -0.05) is 57.7 Å². The van der Waals surface area contributed by atoms with Crippen LogP contribution in [0, 0.1) is 22.7 Å². The van der Waals surface area contributed by atoms with Gasteiger partial charge in [-0.25, -0.2) is 0 Å². The second kappa shape index (κ2) is 15.1. The maximum absolute atomic E-state index is 13.7. The third kappa shape index (κ3) is 7.82. The summed E-state index contributed by atoms with van der Waals surface area (Å²) in [6.07, 6.45) is -3.60. The minimum atomic E-state index is -1.18. The Kier molecular flexibility index (Phi) is 11.7. The molecule has 3 aliphatic rings. The largest absolute Gasteiger partial charge is 0.462 e. The van der Waals surface area contributed by atoms with Crippen LogP contribution in [0.25, 0.3) is 0 Å². The number of benzene rings is 1. The number of hydrogen-bond donors (Lipinski definition) is 0. The minimum absolute atomic E-state index is 0.0574. The Morgan fingerprint density at radius 3 is 1.92 bits per heavy atom. The van der Waals surface area contributed by atoms with Crippen LogP contribution in [0.3, 0.4) is 0 Å². The van der Waals surface area contributed by atoms with Gasteiger partial charge in [0.2, 0.25) is 0 Å². The van der Waals surface area contributed by atoms with Crippen molar-refractivity contribution in [3.8, 4) is 0 Å². The molecule has 0 spiro atoms. The lowest BCUT2D eigenvalue weighted by molar-refractivity contribution is -0.212. The van der Waals surface area contributed by atoms with E-state index in [0.717, 1.165) is 5.56 Å². The average Bonchev–Trinajstić information content (AvgIpc) is 3.00. The standard InChI is InChI=1S/C39H53NO10/c1-21-29-17-28-18-31(46-23(3)41)22(2)35(38(28,7)8)36(48-25(5)43)37(49-26(6)44)39(29,9)33(47-24(4)42)20-32(21)50-34(45)19-30(40(10)11)27-15-13-12-14-16-27/h12-16,28-33,36-37H,1,17-20H2,2-11H3/t28?,29-,30?,31+,32+,33+,36-,37+,39+/m1/s1. The monoisotopic (exact) mass is 695 g/mol. The molecule has 9 atom stereocenters. The predicted octanol–water partition coefficient (Wildman–Crippen LogP) is 5.67. The zero-order chi connectivity index (χ0) is 37.3. The van der Waals surface area contributed by atoms with E-state index < -0.39 is 77.1 Å². The van der Waals surface area contributed by atoms with E-state index in [-0.39, 0.29) is 24.8 Å². The molecule has 50 heavy (non-hydrogen) atoms. The van der Waals surface area contributed by atoms with Crippen LogP contribution in [0.5, 0.6) is 0 Å². The third-order valence-electron chi connectivity index (χ3n) is 11.2. The van der Waals surface area contributed by atoms with E-state index in [9.17, 15) is 24.0 Å². The maximum Gasteiger partial charge on any atom is 0.308 e. The van der Waals surface area contributed by atoms with Crippen molar-refractivity contribution in [2.75, 3.05) is 14.1 Å². The molecule has 3 aliphatic carbocycles. The normalized spacial score (nSPS) is 30.9. The first kappa shape index (κ1) is 38.8. The summed E-state index contributed by atoms with van der Waals surface area (Å²) in [5, 5.41) is 0. The molecule has 0 N–H and O–H groups in total. The predicted molar refractivity (Wildman–Crippen MR) is 184 cm³/mol. The molecule has 0 heterocycles. The number of carbonyl (C=O) groups is 5. The minimum Gasteiger partial charge on any atom is -0.462 e. The molecule has 2 saturated carbocycles. The van der Waals surface area contributed by atoms with Crippen molar-refractivity contribution < 1.29 is 47.7 Å². The van der Waals surface area contributed by atoms with Gasteiger partial charge in [0.25, 0.3) is 0 Å². The third-order valence-corrected chi connectivity index (χ3v) is 11.2. The van der Waals surface area contributed by atoms with E-state index in [2.05, 4.69) is 6.58 Å². The molecule has 0 aliphatic heterocycles. The SMILES string of the molecule is C=C1[C@@H](OC(=O)CC(c2ccccc2)N(C)C)C[C@H](OC(C)=O)[C@]2(C)[C@@H]1CC1C[C@H](OC(C)=O)C(C)=C([C@@H](OC(C)=O)[C@@H]2OC(C)=O)C1(C)C. The number of hydrogen-bond acceptors (Lipinski definition) is 11. The van der Waals surface area contributed by atoms with Gasteiger partial charge in [0.05, 0.1) is 11.8 Å². The number of nitrogens with zero attached hydrogens (tertiary/aromatic N) is 1. The van der Waals surface area contributed by atoms with Crippen molar-refractivity contribution in [2.24, 2.45) is 22.7 Å². The van der Waals surface area contributed by atoms with Gasteiger partial charge in [0, 0.05) is 40.2 Å². The Labute approximate surface area is 295 Å². The van der Waals surface area contributed by atoms with E-state index in [4.69, 9.17) is 23.7 Å². The van der Waals surface area contributed by atoms with Crippen molar-refractivity contribution in [1.82, 2.24) is 4.90 Å². The van der Waals surface area contributed by atoms with E-state index in [1.807, 2.05) is 77.0 Å². The lowest BCUT2D eigenvalue weighted by atomic mass is 9.49. The summed E-state index contributed by atoms with van der Waals surface area (Å²) in [4.78, 5) is 66.5. The van der Waals surface area contributed by atoms with Crippen LogP contribution in [0.1, 0.15) is 92.7 Å². The molecule has 2 unspecified atom stereocenters. The second-order valence-electron chi connectivity index (χ2n) is 15.0. The van der Waals surface area contributed by atoms with Crippen LogP contribution in [0.15, 0.2) is 53.6 Å². The summed E-state index contributed by atoms with van der Waals surface area (Å²) in [6.45, 7) is 17.5. The van der Waals surface area contributed by atoms with Crippen molar-refractivity contribution in [3.05, 3.63) is 59.2 Å². The van der Waals surface area contributed by atoms with Crippen molar-refractivity contribution in [3.63, 3.8) is 0 Å². The molecule has 11 nitrogen and oxygen atoms in total. The Balaban J connectivity index is 1.86. The molecule has 4 rings (SSSR count). The van der Waals surface area contributed by atoms with Crippen LogP contribution >= 0.6 is 0 Å². The smallest absolute Gasteiger partial charge is 0.308 e. The highest BCUT2D eigenvalue weighted by molar-refractivity contribution is 5.71. The van der Waals surface area contributed by atoms with Crippen molar-refractivity contribution >= 4 is 29.8 Å². The summed E-state index contributed by atoms with van der Waals surface area (Å²) >= 11 is 0. The zero-order valence-corrected chi connectivity index (χ0v) is 31.1. The molecule has 0 saturated heterocycles. The molecular formula is C39H53NO10. The second-order valence-corrected chi connectivity index (χ2v) is 15.0. The number of esters is 5. The summed E-state index contributed by atoms with van der Waals surface area (Å²) in [5.41, 5.74) is 1.14. The zero-order valence-electron chi connectivity index (χ0n) is 31.1. The molecule has 1 aromatic carbocycles. The Morgan fingerprint density at radius 1 is 0.800 bits per heavy atom. The first-order valence-corrected chi connectivity index (χ1v) is 17.3. The first-order valence-electron chi connectivity index (χ1n) is 17.3. The van der Waals surface area contributed by atoms with Gasteiger partial charge in [-0.3, -0.25) is 24.0 Å². The van der Waals surface area contributed by atoms with Gasteiger partial charge < -0.3 is 28.6 Å². The molecule has 11 heteroatoms. The molecule has 0 radical (unpaired) electrons. The quantitative estimate of drug-likeness (QED) is 0.180. The van der Waals surface area contributed by atoms with E-state index in [1.165, 1.54) is 27.7 Å². The molecule has 2 fully saturated rings. The highest BCUT2D eigenvalue weighted by Gasteiger charge is 2.64. The molecular weight excluding hydrogens is 642 g/mol. The fourth-order valence-corrected chi connectivity index (χ4v) is 8.75. The Morgan fingerprint density at radius 2 is 1.38 bits per heavy atom. The lowest BCUT2D eigenvalue weighted by Crippen LogP contribution is -2.64. The van der Waals surface area contributed by atoms with Crippen LogP contribution in [-0.2, 0) is 47.7 Å². The first-order chi connectivity index (χ1) is 23.3. The highest BCUT2D eigenvalue weighted by atomic mass is 16.6. The van der Waals surface area contributed by atoms with Gasteiger partial charge in [-0.05, 0) is 73.4 Å². The summed E-state index contributed by atoms with van der Waals surface area (Å²) < 4.78 is 30.4. The molecule has 0 amide bonds.